The second-order valence-corrected chi connectivity index (χ2v) is 12.1. The number of carbonyl (C=O) groups is 4. The summed E-state index contributed by atoms with van der Waals surface area (Å²) in [6.45, 7) is 13.2. The topological polar surface area (TPSA) is 141 Å². The Labute approximate surface area is 240 Å². The lowest BCUT2D eigenvalue weighted by Gasteiger charge is -2.39. The number of likely N-dealkylation sites (N-methyl/N-ethyl adjacent to an activating group) is 1. The zero-order valence-electron chi connectivity index (χ0n) is 26.3. The predicted octanol–water partition coefficient (Wildman–Crippen LogP) is 2.10. The van der Waals surface area contributed by atoms with Crippen LogP contribution in [-0.4, -0.2) is 104 Å². The Morgan fingerprint density at radius 3 is 2.20 bits per heavy atom. The number of esters is 1. The van der Waals surface area contributed by atoms with E-state index in [1.165, 1.54) is 7.11 Å². The van der Waals surface area contributed by atoms with Crippen LogP contribution in [0.5, 0.6) is 0 Å². The number of methoxy groups -OCH3 is 2. The first-order valence-corrected chi connectivity index (χ1v) is 14.4. The van der Waals surface area contributed by atoms with Gasteiger partial charge in [0.1, 0.15) is 12.1 Å². The van der Waals surface area contributed by atoms with Gasteiger partial charge in [-0.3, -0.25) is 19.2 Å². The number of nitrogens with one attached hydrogen (secondary N) is 1. The van der Waals surface area contributed by atoms with Gasteiger partial charge >= 0.3 is 5.97 Å². The van der Waals surface area contributed by atoms with Gasteiger partial charge in [0.15, 0.2) is 0 Å². The molecule has 7 unspecified atom stereocenters. The molecular formula is C29H54N4O7. The lowest BCUT2D eigenvalue weighted by molar-refractivity contribution is -0.155. The third-order valence-corrected chi connectivity index (χ3v) is 7.63. The van der Waals surface area contributed by atoms with Gasteiger partial charge in [0.05, 0.1) is 36.6 Å². The quantitative estimate of drug-likeness (QED) is 0.285. The van der Waals surface area contributed by atoms with Crippen LogP contribution in [0.1, 0.15) is 80.6 Å². The molecule has 3 amide bonds. The number of amides is 3. The van der Waals surface area contributed by atoms with Gasteiger partial charge in [-0.15, -0.1) is 0 Å². The zero-order valence-corrected chi connectivity index (χ0v) is 26.3. The monoisotopic (exact) mass is 570 g/mol. The van der Waals surface area contributed by atoms with Crippen LogP contribution in [0.2, 0.25) is 0 Å². The molecule has 7 atom stereocenters. The molecule has 0 aromatic heterocycles. The van der Waals surface area contributed by atoms with Crippen LogP contribution >= 0.6 is 0 Å². The minimum absolute atomic E-state index is 0.0838. The van der Waals surface area contributed by atoms with E-state index in [1.807, 2.05) is 13.8 Å². The molecule has 11 heteroatoms. The second-order valence-electron chi connectivity index (χ2n) is 12.1. The molecule has 0 bridgehead atoms. The van der Waals surface area contributed by atoms with Crippen molar-refractivity contribution in [1.29, 1.82) is 0 Å². The number of carbonyl (C=O) groups excluding carboxylic acids is 4. The van der Waals surface area contributed by atoms with Crippen molar-refractivity contribution < 1.29 is 33.4 Å². The first-order chi connectivity index (χ1) is 18.6. The zero-order chi connectivity index (χ0) is 30.8. The molecule has 0 spiro atoms. The first kappa shape index (κ1) is 35.8. The van der Waals surface area contributed by atoms with Crippen molar-refractivity contribution in [1.82, 2.24) is 15.1 Å². The Morgan fingerprint density at radius 2 is 1.70 bits per heavy atom. The van der Waals surface area contributed by atoms with Crippen LogP contribution in [0.15, 0.2) is 0 Å². The molecule has 1 fully saturated rings. The predicted molar refractivity (Wildman–Crippen MR) is 153 cm³/mol. The van der Waals surface area contributed by atoms with E-state index in [-0.39, 0.29) is 61.2 Å². The molecule has 0 radical (unpaired) electrons. The molecule has 40 heavy (non-hydrogen) atoms. The molecule has 0 aromatic carbocycles. The second kappa shape index (κ2) is 16.3. The van der Waals surface area contributed by atoms with Crippen molar-refractivity contribution in [3.8, 4) is 0 Å². The summed E-state index contributed by atoms with van der Waals surface area (Å²) in [6.07, 6.45) is 1.50. The Bertz CT molecular complexity index is 845. The van der Waals surface area contributed by atoms with E-state index in [0.717, 1.165) is 12.8 Å². The number of rotatable bonds is 15. The van der Waals surface area contributed by atoms with Crippen molar-refractivity contribution in [3.05, 3.63) is 0 Å². The van der Waals surface area contributed by atoms with Crippen LogP contribution in [0.25, 0.3) is 0 Å². The van der Waals surface area contributed by atoms with Gasteiger partial charge in [0.25, 0.3) is 0 Å². The molecule has 0 aromatic rings. The van der Waals surface area contributed by atoms with E-state index in [4.69, 9.17) is 19.9 Å². The van der Waals surface area contributed by atoms with Crippen molar-refractivity contribution in [2.75, 3.05) is 34.4 Å². The summed E-state index contributed by atoms with van der Waals surface area (Å²) in [5.74, 6) is -1.59. The maximum Gasteiger partial charge on any atom is 0.325 e. The highest BCUT2D eigenvalue weighted by Gasteiger charge is 2.42. The molecule has 1 rings (SSSR count). The Balaban J connectivity index is 3.00. The minimum Gasteiger partial charge on any atom is -0.459 e. The normalized spacial score (nSPS) is 20.2. The van der Waals surface area contributed by atoms with Gasteiger partial charge in [-0.25, -0.2) is 0 Å². The molecule has 1 aliphatic rings. The van der Waals surface area contributed by atoms with Gasteiger partial charge < -0.3 is 35.1 Å². The van der Waals surface area contributed by atoms with E-state index >= 15 is 0 Å². The maximum absolute atomic E-state index is 13.7. The van der Waals surface area contributed by atoms with Gasteiger partial charge in [-0.1, -0.05) is 27.2 Å². The fourth-order valence-corrected chi connectivity index (χ4v) is 5.44. The van der Waals surface area contributed by atoms with Gasteiger partial charge in [-0.05, 0) is 46.5 Å². The molecule has 0 aliphatic carbocycles. The maximum atomic E-state index is 13.7. The largest absolute Gasteiger partial charge is 0.459 e. The molecule has 0 saturated carbocycles. The fourth-order valence-electron chi connectivity index (χ4n) is 5.44. The van der Waals surface area contributed by atoms with Crippen LogP contribution in [-0.2, 0) is 33.4 Å². The molecular weight excluding hydrogens is 516 g/mol. The highest BCUT2D eigenvalue weighted by molar-refractivity contribution is 5.84. The first-order valence-electron chi connectivity index (χ1n) is 14.4. The van der Waals surface area contributed by atoms with E-state index in [0.29, 0.717) is 13.0 Å². The van der Waals surface area contributed by atoms with E-state index < -0.39 is 29.7 Å². The summed E-state index contributed by atoms with van der Waals surface area (Å²) in [5.41, 5.74) is 5.22. The Kier molecular flexibility index (Phi) is 14.6. The van der Waals surface area contributed by atoms with Crippen molar-refractivity contribution in [2.24, 2.45) is 17.6 Å². The molecule has 232 valence electrons. The van der Waals surface area contributed by atoms with Gasteiger partial charge in [-0.2, -0.15) is 0 Å². The molecule has 1 heterocycles. The SMILES string of the molecule is CCC(C)C(C(CC(=O)N1CCCC1C(OC)C(C)C(=O)NCC(=O)OC(C)(C)C)OC)N(C)C(=O)CC(C)N. The number of likely N-dealkylation sites (tertiary alicyclic amines) is 1. The Hall–Kier alpha value is -2.24. The van der Waals surface area contributed by atoms with Crippen LogP contribution in [0.4, 0.5) is 0 Å². The number of hydrogen-bond acceptors (Lipinski definition) is 8. The van der Waals surface area contributed by atoms with E-state index in [2.05, 4.69) is 5.32 Å². The fraction of sp³-hybridized carbons (Fsp3) is 0.862. The molecule has 1 saturated heterocycles. The number of ether oxygens (including phenoxy) is 3. The van der Waals surface area contributed by atoms with Crippen molar-refractivity contribution >= 4 is 23.7 Å². The standard InChI is InChI=1S/C29H54N4O7/c1-11-18(2)26(32(8)23(34)15-19(3)30)22(38-9)16-24(35)33-14-12-13-21(33)27(39-10)20(4)28(37)31-17-25(36)40-29(5,6)7/h18-22,26-27H,11-17,30H2,1-10H3,(H,31,37). The summed E-state index contributed by atoms with van der Waals surface area (Å²) >= 11 is 0. The summed E-state index contributed by atoms with van der Waals surface area (Å²) in [5, 5.41) is 2.64. The lowest BCUT2D eigenvalue weighted by atomic mass is 9.90. The summed E-state index contributed by atoms with van der Waals surface area (Å²) in [4.78, 5) is 55.0. The highest BCUT2D eigenvalue weighted by atomic mass is 16.6. The molecule has 1 aliphatic heterocycles. The van der Waals surface area contributed by atoms with E-state index in [1.54, 1.807) is 58.6 Å². The van der Waals surface area contributed by atoms with Crippen LogP contribution in [0.3, 0.4) is 0 Å². The number of hydrogen-bond donors (Lipinski definition) is 2. The third kappa shape index (κ3) is 10.6. The van der Waals surface area contributed by atoms with E-state index in [9.17, 15) is 19.2 Å². The summed E-state index contributed by atoms with van der Waals surface area (Å²) in [6, 6.07) is -0.881. The minimum atomic E-state index is -0.647. The average Bonchev–Trinajstić information content (AvgIpc) is 3.34. The third-order valence-electron chi connectivity index (χ3n) is 7.63. The number of nitrogens with two attached hydrogens (primary N) is 1. The lowest BCUT2D eigenvalue weighted by Crippen LogP contribution is -2.53. The smallest absolute Gasteiger partial charge is 0.325 e. The summed E-state index contributed by atoms with van der Waals surface area (Å²) < 4.78 is 16.9. The van der Waals surface area contributed by atoms with Crippen LogP contribution in [0, 0.1) is 11.8 Å². The van der Waals surface area contributed by atoms with Crippen molar-refractivity contribution in [2.45, 2.75) is 117 Å². The summed E-state index contributed by atoms with van der Waals surface area (Å²) in [7, 11) is 4.84. The molecule has 3 N–H and O–H groups in total. The molecule has 11 nitrogen and oxygen atoms in total. The van der Waals surface area contributed by atoms with Gasteiger partial charge in [0, 0.05) is 40.3 Å². The van der Waals surface area contributed by atoms with Crippen LogP contribution < -0.4 is 11.1 Å². The highest BCUT2D eigenvalue weighted by Crippen LogP contribution is 2.29. The number of nitrogens with zero attached hydrogens (tertiary/aromatic N) is 2. The average molecular weight is 571 g/mol. The van der Waals surface area contributed by atoms with Crippen molar-refractivity contribution in [3.63, 3.8) is 0 Å². The van der Waals surface area contributed by atoms with Gasteiger partial charge in [0.2, 0.25) is 17.7 Å². The Morgan fingerprint density at radius 1 is 1.07 bits per heavy atom.